The Morgan fingerprint density at radius 2 is 1.95 bits per heavy atom. The standard InChI is InChI=1S/C13H19N3O3S2/c1-9(2)7-16(8-12(14)17)21(18,19)11-5-3-4-10(6-11)13(15)20/h3-6,9H,7-8H2,1-2H3,(H2,14,17)(H2,15,20). The third-order valence-electron chi connectivity index (χ3n) is 2.66. The highest BCUT2D eigenvalue weighted by Crippen LogP contribution is 2.18. The van der Waals surface area contributed by atoms with Gasteiger partial charge in [0, 0.05) is 12.1 Å². The quantitative estimate of drug-likeness (QED) is 0.707. The lowest BCUT2D eigenvalue weighted by Gasteiger charge is -2.22. The number of primary amides is 1. The Balaban J connectivity index is 3.24. The average molecular weight is 329 g/mol. The third-order valence-corrected chi connectivity index (χ3v) is 4.70. The Kier molecular flexibility index (Phi) is 5.82. The fourth-order valence-corrected chi connectivity index (χ4v) is 3.53. The van der Waals surface area contributed by atoms with Gasteiger partial charge in [0.1, 0.15) is 4.99 Å². The van der Waals surface area contributed by atoms with E-state index in [4.69, 9.17) is 23.7 Å². The van der Waals surface area contributed by atoms with Crippen LogP contribution in [0, 0.1) is 5.92 Å². The zero-order valence-corrected chi connectivity index (χ0v) is 13.6. The second kappa shape index (κ2) is 6.97. The highest BCUT2D eigenvalue weighted by molar-refractivity contribution is 7.89. The zero-order chi connectivity index (χ0) is 16.2. The number of hydrogen-bond acceptors (Lipinski definition) is 4. The maximum absolute atomic E-state index is 12.6. The van der Waals surface area contributed by atoms with Gasteiger partial charge in [0.2, 0.25) is 15.9 Å². The van der Waals surface area contributed by atoms with Gasteiger partial charge < -0.3 is 11.5 Å². The van der Waals surface area contributed by atoms with Gasteiger partial charge >= 0.3 is 0 Å². The van der Waals surface area contributed by atoms with E-state index in [-0.39, 0.29) is 28.9 Å². The van der Waals surface area contributed by atoms with Crippen molar-refractivity contribution in [2.75, 3.05) is 13.1 Å². The van der Waals surface area contributed by atoms with Crippen LogP contribution in [0.3, 0.4) is 0 Å². The lowest BCUT2D eigenvalue weighted by Crippen LogP contribution is -2.40. The molecule has 4 N–H and O–H groups in total. The van der Waals surface area contributed by atoms with E-state index < -0.39 is 15.9 Å². The predicted octanol–water partition coefficient (Wildman–Crippen LogP) is 0.453. The molecule has 0 aliphatic rings. The summed E-state index contributed by atoms with van der Waals surface area (Å²) in [6.07, 6.45) is 0. The van der Waals surface area contributed by atoms with Gasteiger partial charge in [0.15, 0.2) is 0 Å². The predicted molar refractivity (Wildman–Crippen MR) is 85.1 cm³/mol. The van der Waals surface area contributed by atoms with Gasteiger partial charge in [-0.25, -0.2) is 8.42 Å². The summed E-state index contributed by atoms with van der Waals surface area (Å²) in [6, 6.07) is 6.01. The molecular formula is C13H19N3O3S2. The highest BCUT2D eigenvalue weighted by Gasteiger charge is 2.26. The van der Waals surface area contributed by atoms with E-state index >= 15 is 0 Å². The molecule has 0 bridgehead atoms. The first kappa shape index (κ1) is 17.5. The smallest absolute Gasteiger partial charge is 0.243 e. The Hall–Kier alpha value is -1.51. The van der Waals surface area contributed by atoms with E-state index in [0.29, 0.717) is 5.56 Å². The topological polar surface area (TPSA) is 106 Å². The van der Waals surface area contributed by atoms with Gasteiger partial charge in [0.05, 0.1) is 11.4 Å². The minimum atomic E-state index is -3.83. The number of sulfonamides is 1. The van der Waals surface area contributed by atoms with Gasteiger partial charge in [-0.3, -0.25) is 4.79 Å². The van der Waals surface area contributed by atoms with Crippen molar-refractivity contribution in [1.29, 1.82) is 0 Å². The molecule has 0 radical (unpaired) electrons. The van der Waals surface area contributed by atoms with E-state index in [1.54, 1.807) is 12.1 Å². The number of benzene rings is 1. The van der Waals surface area contributed by atoms with Crippen molar-refractivity contribution >= 4 is 33.1 Å². The molecule has 1 aromatic carbocycles. The van der Waals surface area contributed by atoms with Crippen molar-refractivity contribution in [1.82, 2.24) is 4.31 Å². The molecule has 1 amide bonds. The first-order valence-corrected chi connectivity index (χ1v) is 8.17. The minimum absolute atomic E-state index is 0.0368. The van der Waals surface area contributed by atoms with E-state index in [1.807, 2.05) is 13.8 Å². The van der Waals surface area contributed by atoms with Crippen molar-refractivity contribution in [2.45, 2.75) is 18.7 Å². The van der Waals surface area contributed by atoms with Crippen LogP contribution in [0.1, 0.15) is 19.4 Å². The molecule has 0 spiro atoms. The number of carbonyl (C=O) groups is 1. The maximum Gasteiger partial charge on any atom is 0.243 e. The summed E-state index contributed by atoms with van der Waals surface area (Å²) >= 11 is 4.85. The molecule has 116 valence electrons. The van der Waals surface area contributed by atoms with Crippen LogP contribution in [0.25, 0.3) is 0 Å². The highest BCUT2D eigenvalue weighted by atomic mass is 32.2. The van der Waals surface area contributed by atoms with Crippen molar-refractivity contribution < 1.29 is 13.2 Å². The van der Waals surface area contributed by atoms with Crippen LogP contribution in [0.15, 0.2) is 29.2 Å². The number of carbonyl (C=O) groups excluding carboxylic acids is 1. The van der Waals surface area contributed by atoms with Crippen LogP contribution < -0.4 is 11.5 Å². The lowest BCUT2D eigenvalue weighted by molar-refractivity contribution is -0.118. The van der Waals surface area contributed by atoms with E-state index in [1.165, 1.54) is 12.1 Å². The van der Waals surface area contributed by atoms with Crippen LogP contribution in [0.5, 0.6) is 0 Å². The minimum Gasteiger partial charge on any atom is -0.389 e. The third kappa shape index (κ3) is 4.76. The lowest BCUT2D eigenvalue weighted by atomic mass is 10.2. The summed E-state index contributed by atoms with van der Waals surface area (Å²) in [5.41, 5.74) is 11.1. The molecule has 0 aliphatic carbocycles. The summed E-state index contributed by atoms with van der Waals surface area (Å²) in [5, 5.41) is 0. The first-order valence-electron chi connectivity index (χ1n) is 6.33. The van der Waals surface area contributed by atoms with Crippen molar-refractivity contribution in [3.05, 3.63) is 29.8 Å². The number of thiocarbonyl (C=S) groups is 1. The van der Waals surface area contributed by atoms with Crippen molar-refractivity contribution in [2.24, 2.45) is 17.4 Å². The van der Waals surface area contributed by atoms with Gasteiger partial charge in [-0.15, -0.1) is 0 Å². The van der Waals surface area contributed by atoms with Crippen LogP contribution >= 0.6 is 12.2 Å². The van der Waals surface area contributed by atoms with Gasteiger partial charge in [-0.2, -0.15) is 4.31 Å². The van der Waals surface area contributed by atoms with Crippen molar-refractivity contribution in [3.63, 3.8) is 0 Å². The summed E-state index contributed by atoms with van der Waals surface area (Å²) in [5.74, 6) is -0.650. The van der Waals surface area contributed by atoms with E-state index in [2.05, 4.69) is 0 Å². The molecule has 0 aromatic heterocycles. The number of rotatable bonds is 7. The van der Waals surface area contributed by atoms with Gasteiger partial charge in [-0.05, 0) is 18.1 Å². The molecule has 0 heterocycles. The fourth-order valence-electron chi connectivity index (χ4n) is 1.79. The zero-order valence-electron chi connectivity index (χ0n) is 11.9. The molecule has 1 rings (SSSR count). The molecule has 0 fully saturated rings. The summed E-state index contributed by atoms with van der Waals surface area (Å²) in [7, 11) is -3.83. The molecule has 21 heavy (non-hydrogen) atoms. The van der Waals surface area contributed by atoms with Gasteiger partial charge in [0.25, 0.3) is 0 Å². The molecular weight excluding hydrogens is 310 g/mol. The summed E-state index contributed by atoms with van der Waals surface area (Å²) < 4.78 is 26.3. The molecule has 6 nitrogen and oxygen atoms in total. The number of nitrogens with two attached hydrogens (primary N) is 2. The molecule has 0 unspecified atom stereocenters. The average Bonchev–Trinajstić information content (AvgIpc) is 2.37. The molecule has 8 heteroatoms. The molecule has 0 aliphatic heterocycles. The van der Waals surface area contributed by atoms with Crippen molar-refractivity contribution in [3.8, 4) is 0 Å². The monoisotopic (exact) mass is 329 g/mol. The molecule has 1 aromatic rings. The molecule has 0 saturated carbocycles. The summed E-state index contributed by atoms with van der Waals surface area (Å²) in [6.45, 7) is 3.55. The molecule has 0 atom stereocenters. The normalized spacial score (nSPS) is 11.8. The maximum atomic E-state index is 12.6. The Morgan fingerprint density at radius 1 is 1.33 bits per heavy atom. The fraction of sp³-hybridized carbons (Fsp3) is 0.385. The van der Waals surface area contributed by atoms with Gasteiger partial charge in [-0.1, -0.05) is 38.2 Å². The van der Waals surface area contributed by atoms with E-state index in [0.717, 1.165) is 4.31 Å². The SMILES string of the molecule is CC(C)CN(CC(N)=O)S(=O)(=O)c1cccc(C(N)=S)c1. The number of hydrogen-bond donors (Lipinski definition) is 2. The second-order valence-corrected chi connectivity index (χ2v) is 7.43. The number of amides is 1. The van der Waals surface area contributed by atoms with Crippen LogP contribution in [-0.2, 0) is 14.8 Å². The second-order valence-electron chi connectivity index (χ2n) is 5.05. The Bertz CT molecular complexity index is 642. The number of nitrogens with zero attached hydrogens (tertiary/aromatic N) is 1. The Labute approximate surface area is 130 Å². The first-order chi connectivity index (χ1) is 9.64. The van der Waals surface area contributed by atoms with Crippen LogP contribution in [0.2, 0.25) is 0 Å². The van der Waals surface area contributed by atoms with Crippen LogP contribution in [-0.4, -0.2) is 36.7 Å². The summed E-state index contributed by atoms with van der Waals surface area (Å²) in [4.78, 5) is 11.3. The van der Waals surface area contributed by atoms with E-state index in [9.17, 15) is 13.2 Å². The van der Waals surface area contributed by atoms with Crippen LogP contribution in [0.4, 0.5) is 0 Å². The molecule has 0 saturated heterocycles. The Morgan fingerprint density at radius 3 is 2.43 bits per heavy atom. The largest absolute Gasteiger partial charge is 0.389 e.